The van der Waals surface area contributed by atoms with Gasteiger partial charge in [-0.15, -0.1) is 0 Å². The smallest absolute Gasteiger partial charge is 0.318 e. The van der Waals surface area contributed by atoms with Gasteiger partial charge in [-0.3, -0.25) is 9.09 Å². The van der Waals surface area contributed by atoms with Crippen molar-refractivity contribution >= 4 is 8.25 Å². The molecule has 3 nitrogen and oxygen atoms in total. The summed E-state index contributed by atoms with van der Waals surface area (Å²) in [5, 5.41) is 0. The molecule has 5 heteroatoms. The molecular formula is CH4FO3P. The molecular weight excluding hydrogens is 110 g/mol. The van der Waals surface area contributed by atoms with Crippen molar-refractivity contribution in [2.24, 2.45) is 0 Å². The molecule has 0 saturated heterocycles. The minimum Gasteiger partial charge on any atom is -0.326 e. The number of halogens is 1. The SMILES string of the molecule is O=[PH](O)OCF. The highest BCUT2D eigenvalue weighted by molar-refractivity contribution is 7.32. The third kappa shape index (κ3) is 4.08. The predicted molar refractivity (Wildman–Crippen MR) is 18.3 cm³/mol. The van der Waals surface area contributed by atoms with E-state index in [1.165, 1.54) is 0 Å². The van der Waals surface area contributed by atoms with Gasteiger partial charge >= 0.3 is 8.25 Å². The van der Waals surface area contributed by atoms with Crippen LogP contribution < -0.4 is 0 Å². The molecule has 0 aromatic carbocycles. The first-order valence-corrected chi connectivity index (χ1v) is 2.45. The summed E-state index contributed by atoms with van der Waals surface area (Å²) in [6.07, 6.45) is 0. The average molecular weight is 114 g/mol. The van der Waals surface area contributed by atoms with Gasteiger partial charge in [0.05, 0.1) is 0 Å². The summed E-state index contributed by atoms with van der Waals surface area (Å²) < 4.78 is 23.5. The predicted octanol–water partition coefficient (Wildman–Crippen LogP) is 0.312. The zero-order valence-electron chi connectivity index (χ0n) is 2.85. The van der Waals surface area contributed by atoms with Gasteiger partial charge in [0.15, 0.2) is 6.86 Å². The molecule has 0 fully saturated rings. The monoisotopic (exact) mass is 114 g/mol. The van der Waals surface area contributed by atoms with Gasteiger partial charge in [-0.1, -0.05) is 0 Å². The normalized spacial score (nSPS) is 14.3. The summed E-state index contributed by atoms with van der Waals surface area (Å²) in [7, 11) is -3.01. The van der Waals surface area contributed by atoms with Crippen molar-refractivity contribution in [3.8, 4) is 0 Å². The van der Waals surface area contributed by atoms with E-state index in [4.69, 9.17) is 4.89 Å². The van der Waals surface area contributed by atoms with Gasteiger partial charge in [0.1, 0.15) is 0 Å². The fourth-order valence-corrected chi connectivity index (χ4v) is 0.140. The highest BCUT2D eigenvalue weighted by atomic mass is 31.1. The Morgan fingerprint density at radius 3 is 2.50 bits per heavy atom. The molecule has 1 N–H and O–H groups in total. The third-order valence-electron chi connectivity index (χ3n) is 0.178. The first-order valence-electron chi connectivity index (χ1n) is 1.19. The highest BCUT2D eigenvalue weighted by Gasteiger charge is 1.83. The van der Waals surface area contributed by atoms with Crippen LogP contribution in [0, 0.1) is 0 Å². The second-order valence-corrected chi connectivity index (χ2v) is 1.34. The molecule has 1 atom stereocenters. The standard InChI is InChI=1S/CH4FO3P/c2-1-5-6(3)4/h6H,1H2,(H,3,4). The van der Waals surface area contributed by atoms with Gasteiger partial charge in [0.25, 0.3) is 0 Å². The maximum absolute atomic E-state index is 10.7. The van der Waals surface area contributed by atoms with Crippen molar-refractivity contribution in [3.05, 3.63) is 0 Å². The fraction of sp³-hybridized carbons (Fsp3) is 1.00. The Labute approximate surface area is 34.7 Å². The summed E-state index contributed by atoms with van der Waals surface area (Å²) in [4.78, 5) is 7.64. The summed E-state index contributed by atoms with van der Waals surface area (Å²) in [5.41, 5.74) is 0. The van der Waals surface area contributed by atoms with Crippen LogP contribution in [0.4, 0.5) is 4.39 Å². The van der Waals surface area contributed by atoms with E-state index in [-0.39, 0.29) is 0 Å². The van der Waals surface area contributed by atoms with Crippen molar-refractivity contribution < 1.29 is 18.4 Å². The zero-order chi connectivity index (χ0) is 4.99. The highest BCUT2D eigenvalue weighted by Crippen LogP contribution is 2.12. The first-order chi connectivity index (χ1) is 2.77. The van der Waals surface area contributed by atoms with Crippen LogP contribution in [0.3, 0.4) is 0 Å². The lowest BCUT2D eigenvalue weighted by Gasteiger charge is -1.84. The number of hydrogen-bond donors (Lipinski definition) is 1. The molecule has 0 spiro atoms. The topological polar surface area (TPSA) is 46.5 Å². The van der Waals surface area contributed by atoms with E-state index in [0.717, 1.165) is 0 Å². The van der Waals surface area contributed by atoms with Crippen molar-refractivity contribution in [2.75, 3.05) is 6.86 Å². The Bertz CT molecular complexity index is 54.8. The molecule has 0 saturated carbocycles. The molecule has 0 bridgehead atoms. The molecule has 0 aliphatic rings. The van der Waals surface area contributed by atoms with Gasteiger partial charge in [-0.05, 0) is 0 Å². The maximum Gasteiger partial charge on any atom is 0.318 e. The van der Waals surface area contributed by atoms with Crippen LogP contribution in [0.2, 0.25) is 0 Å². The second-order valence-electron chi connectivity index (χ2n) is 0.519. The Hall–Kier alpha value is 0.0800. The summed E-state index contributed by atoms with van der Waals surface area (Å²) in [6.45, 7) is -1.19. The van der Waals surface area contributed by atoms with Crippen LogP contribution in [-0.2, 0) is 9.09 Å². The number of alkyl halides is 1. The van der Waals surface area contributed by atoms with Crippen LogP contribution in [0.1, 0.15) is 0 Å². The van der Waals surface area contributed by atoms with Crippen molar-refractivity contribution in [2.45, 2.75) is 0 Å². The third-order valence-corrected chi connectivity index (χ3v) is 0.534. The molecule has 0 aliphatic heterocycles. The first kappa shape index (κ1) is 6.08. The number of hydrogen-bond acceptors (Lipinski definition) is 2. The molecule has 1 unspecified atom stereocenters. The second kappa shape index (κ2) is 3.28. The minimum absolute atomic E-state index is 1.19. The molecule has 0 heterocycles. The van der Waals surface area contributed by atoms with Gasteiger partial charge < -0.3 is 4.89 Å². The van der Waals surface area contributed by atoms with E-state index in [0.29, 0.717) is 0 Å². The molecule has 0 aliphatic carbocycles. The molecule has 0 radical (unpaired) electrons. The summed E-state index contributed by atoms with van der Waals surface area (Å²) in [6, 6.07) is 0. The lowest BCUT2D eigenvalue weighted by molar-refractivity contribution is 0.181. The Balaban J connectivity index is 2.83. The molecule has 0 aromatic rings. The van der Waals surface area contributed by atoms with E-state index < -0.39 is 15.1 Å². The van der Waals surface area contributed by atoms with E-state index in [1.54, 1.807) is 0 Å². The zero-order valence-corrected chi connectivity index (χ0v) is 3.85. The van der Waals surface area contributed by atoms with E-state index in [2.05, 4.69) is 4.52 Å². The largest absolute Gasteiger partial charge is 0.326 e. The van der Waals surface area contributed by atoms with E-state index in [9.17, 15) is 8.96 Å². The van der Waals surface area contributed by atoms with Crippen molar-refractivity contribution in [1.29, 1.82) is 0 Å². The van der Waals surface area contributed by atoms with Crippen LogP contribution >= 0.6 is 8.25 Å². The summed E-state index contributed by atoms with van der Waals surface area (Å²) in [5.74, 6) is 0. The summed E-state index contributed by atoms with van der Waals surface area (Å²) >= 11 is 0. The lowest BCUT2D eigenvalue weighted by atomic mass is 11.6. The fourth-order valence-electron chi connectivity index (χ4n) is 0.0467. The van der Waals surface area contributed by atoms with Gasteiger partial charge in [-0.2, -0.15) is 0 Å². The van der Waals surface area contributed by atoms with Crippen LogP contribution in [0.15, 0.2) is 0 Å². The van der Waals surface area contributed by atoms with Crippen molar-refractivity contribution in [1.82, 2.24) is 0 Å². The van der Waals surface area contributed by atoms with E-state index >= 15 is 0 Å². The maximum atomic E-state index is 10.7. The Morgan fingerprint density at radius 2 is 2.50 bits per heavy atom. The van der Waals surface area contributed by atoms with Gasteiger partial charge in [-0.25, -0.2) is 4.39 Å². The molecule has 0 rings (SSSR count). The quantitative estimate of drug-likeness (QED) is 0.525. The molecule has 38 valence electrons. The molecule has 0 aromatic heterocycles. The Morgan fingerprint density at radius 1 is 2.00 bits per heavy atom. The van der Waals surface area contributed by atoms with E-state index in [1.807, 2.05) is 0 Å². The molecule has 6 heavy (non-hydrogen) atoms. The van der Waals surface area contributed by atoms with Gasteiger partial charge in [0, 0.05) is 0 Å². The molecule has 0 amide bonds. The van der Waals surface area contributed by atoms with Crippen molar-refractivity contribution in [3.63, 3.8) is 0 Å². The van der Waals surface area contributed by atoms with Gasteiger partial charge in [0.2, 0.25) is 0 Å². The van der Waals surface area contributed by atoms with Crippen LogP contribution in [-0.4, -0.2) is 11.8 Å². The average Bonchev–Trinajstić information content (AvgIpc) is 1.35. The minimum atomic E-state index is -3.01. The number of rotatable bonds is 2. The lowest BCUT2D eigenvalue weighted by Crippen LogP contribution is -1.70. The van der Waals surface area contributed by atoms with Crippen LogP contribution in [0.5, 0.6) is 0 Å². The van der Waals surface area contributed by atoms with Crippen LogP contribution in [0.25, 0.3) is 0 Å². The Kier molecular flexibility index (Phi) is 3.32.